The highest BCUT2D eigenvalue weighted by molar-refractivity contribution is 6.31. The van der Waals surface area contributed by atoms with Gasteiger partial charge in [0, 0.05) is 29.7 Å². The van der Waals surface area contributed by atoms with E-state index in [1.54, 1.807) is 18.2 Å². The van der Waals surface area contributed by atoms with E-state index in [2.05, 4.69) is 10.6 Å². The average Bonchev–Trinajstić information content (AvgIpc) is 2.59. The van der Waals surface area contributed by atoms with Gasteiger partial charge in [-0.15, -0.1) is 0 Å². The van der Waals surface area contributed by atoms with E-state index in [9.17, 15) is 9.90 Å². The topological polar surface area (TPSA) is 61.4 Å². The molecule has 3 N–H and O–H groups in total. The van der Waals surface area contributed by atoms with E-state index in [1.807, 2.05) is 30.3 Å². The number of carbonyl (C=O) groups is 1. The summed E-state index contributed by atoms with van der Waals surface area (Å²) in [6, 6.07) is 14.3. The highest BCUT2D eigenvalue weighted by Gasteiger charge is 2.17. The van der Waals surface area contributed by atoms with Crippen LogP contribution >= 0.6 is 23.2 Å². The molecule has 0 spiro atoms. The Labute approximate surface area is 151 Å². The molecule has 0 fully saturated rings. The Morgan fingerprint density at radius 1 is 1.04 bits per heavy atom. The third-order valence-corrected chi connectivity index (χ3v) is 4.23. The van der Waals surface area contributed by atoms with Gasteiger partial charge in [0.1, 0.15) is 0 Å². The van der Waals surface area contributed by atoms with Crippen LogP contribution in [0.5, 0.6) is 0 Å². The molecule has 2 aromatic carbocycles. The molecule has 2 aromatic rings. The SMILES string of the molecule is O=C(NCc1ccccc1Cl)C(CCO)NCc1ccc(Cl)cc1. The summed E-state index contributed by atoms with van der Waals surface area (Å²) in [6.07, 6.45) is 0.335. The maximum absolute atomic E-state index is 12.3. The first-order valence-electron chi connectivity index (χ1n) is 7.70. The van der Waals surface area contributed by atoms with Crippen LogP contribution in [-0.2, 0) is 17.9 Å². The summed E-state index contributed by atoms with van der Waals surface area (Å²) < 4.78 is 0. The van der Waals surface area contributed by atoms with Gasteiger partial charge in [0.05, 0.1) is 6.04 Å². The van der Waals surface area contributed by atoms with Crippen molar-refractivity contribution in [3.63, 3.8) is 0 Å². The monoisotopic (exact) mass is 366 g/mol. The summed E-state index contributed by atoms with van der Waals surface area (Å²) in [5, 5.41) is 16.5. The molecule has 0 saturated heterocycles. The standard InChI is InChI=1S/C18H20Cl2N2O2/c19-15-7-5-13(6-8-15)11-21-17(9-10-23)18(24)22-12-14-3-1-2-4-16(14)20/h1-8,17,21,23H,9-12H2,(H,22,24). The molecule has 0 saturated carbocycles. The van der Waals surface area contributed by atoms with Gasteiger partial charge in [0.15, 0.2) is 0 Å². The van der Waals surface area contributed by atoms with Crippen LogP contribution < -0.4 is 10.6 Å². The summed E-state index contributed by atoms with van der Waals surface area (Å²) in [4.78, 5) is 12.3. The minimum absolute atomic E-state index is 0.0716. The van der Waals surface area contributed by atoms with Gasteiger partial charge in [-0.25, -0.2) is 0 Å². The van der Waals surface area contributed by atoms with Crippen molar-refractivity contribution in [2.75, 3.05) is 6.61 Å². The molecule has 0 radical (unpaired) electrons. The zero-order valence-corrected chi connectivity index (χ0v) is 14.6. The predicted molar refractivity (Wildman–Crippen MR) is 97.1 cm³/mol. The Bertz CT molecular complexity index is 662. The lowest BCUT2D eigenvalue weighted by Crippen LogP contribution is -2.44. The Morgan fingerprint density at radius 2 is 1.75 bits per heavy atom. The van der Waals surface area contributed by atoms with E-state index in [1.165, 1.54) is 0 Å². The maximum Gasteiger partial charge on any atom is 0.237 e. The fourth-order valence-corrected chi connectivity index (χ4v) is 2.57. The second-order valence-corrected chi connectivity index (χ2v) is 6.23. The zero-order valence-electron chi connectivity index (χ0n) is 13.1. The summed E-state index contributed by atoms with van der Waals surface area (Å²) in [5.74, 6) is -0.169. The Morgan fingerprint density at radius 3 is 2.42 bits per heavy atom. The Balaban J connectivity index is 1.89. The maximum atomic E-state index is 12.3. The predicted octanol–water partition coefficient (Wildman–Crippen LogP) is 3.15. The van der Waals surface area contributed by atoms with Gasteiger partial charge in [-0.2, -0.15) is 0 Å². The molecule has 0 bridgehead atoms. The molecule has 0 aromatic heterocycles. The smallest absolute Gasteiger partial charge is 0.237 e. The number of benzene rings is 2. The van der Waals surface area contributed by atoms with E-state index >= 15 is 0 Å². The normalized spacial score (nSPS) is 12.0. The van der Waals surface area contributed by atoms with Crippen LogP contribution in [0.1, 0.15) is 17.5 Å². The average molecular weight is 367 g/mol. The van der Waals surface area contributed by atoms with E-state index in [0.717, 1.165) is 11.1 Å². The molecule has 1 atom stereocenters. The van der Waals surface area contributed by atoms with Gasteiger partial charge in [-0.3, -0.25) is 4.79 Å². The quantitative estimate of drug-likeness (QED) is 0.672. The molecular weight excluding hydrogens is 347 g/mol. The number of halogens is 2. The van der Waals surface area contributed by atoms with Gasteiger partial charge in [0.25, 0.3) is 0 Å². The number of aliphatic hydroxyl groups excluding tert-OH is 1. The number of aliphatic hydroxyl groups is 1. The Hall–Kier alpha value is -1.59. The zero-order chi connectivity index (χ0) is 17.4. The molecule has 6 heteroatoms. The van der Waals surface area contributed by atoms with Crippen molar-refractivity contribution in [2.24, 2.45) is 0 Å². The number of nitrogens with one attached hydrogen (secondary N) is 2. The van der Waals surface area contributed by atoms with E-state index < -0.39 is 6.04 Å². The number of carbonyl (C=O) groups excluding carboxylic acids is 1. The van der Waals surface area contributed by atoms with Crippen LogP contribution in [-0.4, -0.2) is 23.7 Å². The lowest BCUT2D eigenvalue weighted by molar-refractivity contribution is -0.123. The molecule has 0 aliphatic carbocycles. The number of rotatable bonds is 8. The molecule has 2 rings (SSSR count). The lowest BCUT2D eigenvalue weighted by atomic mass is 10.1. The van der Waals surface area contributed by atoms with Crippen LogP contribution in [0, 0.1) is 0 Å². The first kappa shape index (κ1) is 18.7. The number of hydrogen-bond acceptors (Lipinski definition) is 3. The van der Waals surface area contributed by atoms with E-state index in [-0.39, 0.29) is 12.5 Å². The van der Waals surface area contributed by atoms with Crippen LogP contribution in [0.4, 0.5) is 0 Å². The molecule has 24 heavy (non-hydrogen) atoms. The lowest BCUT2D eigenvalue weighted by Gasteiger charge is -2.18. The van der Waals surface area contributed by atoms with Crippen molar-refractivity contribution in [3.05, 3.63) is 69.7 Å². The highest BCUT2D eigenvalue weighted by Crippen LogP contribution is 2.14. The minimum atomic E-state index is -0.479. The van der Waals surface area contributed by atoms with Crippen LogP contribution in [0.3, 0.4) is 0 Å². The van der Waals surface area contributed by atoms with Crippen molar-refractivity contribution in [2.45, 2.75) is 25.6 Å². The molecule has 4 nitrogen and oxygen atoms in total. The van der Waals surface area contributed by atoms with Crippen molar-refractivity contribution < 1.29 is 9.90 Å². The third-order valence-electron chi connectivity index (χ3n) is 3.61. The van der Waals surface area contributed by atoms with Crippen molar-refractivity contribution in [3.8, 4) is 0 Å². The Kier molecular flexibility index (Phi) is 7.53. The molecule has 0 aliphatic heterocycles. The van der Waals surface area contributed by atoms with Crippen molar-refractivity contribution in [1.82, 2.24) is 10.6 Å². The summed E-state index contributed by atoms with van der Waals surface area (Å²) in [7, 11) is 0. The summed E-state index contributed by atoms with van der Waals surface area (Å²) >= 11 is 11.9. The fourth-order valence-electron chi connectivity index (χ4n) is 2.25. The molecule has 0 aliphatic rings. The van der Waals surface area contributed by atoms with Crippen LogP contribution in [0.15, 0.2) is 48.5 Å². The first-order chi connectivity index (χ1) is 11.6. The van der Waals surface area contributed by atoms with Gasteiger partial charge in [0.2, 0.25) is 5.91 Å². The second-order valence-electron chi connectivity index (χ2n) is 5.38. The van der Waals surface area contributed by atoms with Crippen molar-refractivity contribution in [1.29, 1.82) is 0 Å². The van der Waals surface area contributed by atoms with E-state index in [4.69, 9.17) is 23.2 Å². The molecular formula is C18H20Cl2N2O2. The summed E-state index contributed by atoms with van der Waals surface area (Å²) in [6.45, 7) is 0.794. The molecule has 0 heterocycles. The fraction of sp³-hybridized carbons (Fsp3) is 0.278. The number of amides is 1. The van der Waals surface area contributed by atoms with Crippen LogP contribution in [0.25, 0.3) is 0 Å². The van der Waals surface area contributed by atoms with Gasteiger partial charge in [-0.1, -0.05) is 53.5 Å². The van der Waals surface area contributed by atoms with E-state index in [0.29, 0.717) is 29.6 Å². The molecule has 1 unspecified atom stereocenters. The minimum Gasteiger partial charge on any atom is -0.396 e. The van der Waals surface area contributed by atoms with Crippen LogP contribution in [0.2, 0.25) is 10.0 Å². The molecule has 128 valence electrons. The third kappa shape index (κ3) is 5.80. The van der Waals surface area contributed by atoms with Gasteiger partial charge >= 0.3 is 0 Å². The van der Waals surface area contributed by atoms with Gasteiger partial charge in [-0.05, 0) is 35.7 Å². The largest absolute Gasteiger partial charge is 0.396 e. The van der Waals surface area contributed by atoms with Crippen molar-refractivity contribution >= 4 is 29.1 Å². The highest BCUT2D eigenvalue weighted by atomic mass is 35.5. The second kappa shape index (κ2) is 9.64. The number of hydrogen-bond donors (Lipinski definition) is 3. The first-order valence-corrected chi connectivity index (χ1v) is 8.45. The van der Waals surface area contributed by atoms with Gasteiger partial charge < -0.3 is 15.7 Å². The summed E-state index contributed by atoms with van der Waals surface area (Å²) in [5.41, 5.74) is 1.87. The molecule has 1 amide bonds.